The summed E-state index contributed by atoms with van der Waals surface area (Å²) in [6, 6.07) is 12.7. The zero-order valence-electron chi connectivity index (χ0n) is 19.0. The Hall–Kier alpha value is -4.05. The highest BCUT2D eigenvalue weighted by molar-refractivity contribution is 6.30. The maximum absolute atomic E-state index is 14.0. The lowest BCUT2D eigenvalue weighted by Gasteiger charge is -2.31. The Bertz CT molecular complexity index is 1560. The summed E-state index contributed by atoms with van der Waals surface area (Å²) in [4.78, 5) is 11.2. The van der Waals surface area contributed by atoms with Crippen molar-refractivity contribution in [1.29, 1.82) is 0 Å². The molecule has 0 unspecified atom stereocenters. The van der Waals surface area contributed by atoms with Crippen LogP contribution in [-0.4, -0.2) is 47.9 Å². The van der Waals surface area contributed by atoms with Gasteiger partial charge >= 0.3 is 0 Å². The molecule has 0 amide bonds. The van der Waals surface area contributed by atoms with Crippen LogP contribution in [-0.2, 0) is 13.5 Å². The molecule has 1 N–H and O–H groups in total. The second-order valence-corrected chi connectivity index (χ2v) is 9.02. The molecule has 9 nitrogen and oxygen atoms in total. The van der Waals surface area contributed by atoms with E-state index in [0.29, 0.717) is 12.4 Å². The van der Waals surface area contributed by atoms with Gasteiger partial charge in [-0.2, -0.15) is 5.10 Å². The molecule has 1 aliphatic heterocycles. The standard InChI is InChI=1S/C24H21ClFN9/c1-33-13-16(9-14-3-4-17(25)18(26)10-14)23-32-31-21-11-15(12-22(33)35(21)23)19-5-7-27-24(29-19)30-20-6-8-28-34(20)2/h3-8,10-12,16H,9,13H2,1-2H3,(H,27,29,30)/t16-/m0/s1. The Morgan fingerprint density at radius 3 is 2.77 bits per heavy atom. The molecule has 0 radical (unpaired) electrons. The molecule has 0 saturated carbocycles. The first-order valence-corrected chi connectivity index (χ1v) is 11.5. The molecule has 0 fully saturated rings. The molecule has 5 heterocycles. The van der Waals surface area contributed by atoms with Crippen molar-refractivity contribution in [2.45, 2.75) is 12.3 Å². The van der Waals surface area contributed by atoms with Crippen LogP contribution in [0.1, 0.15) is 17.3 Å². The fourth-order valence-corrected chi connectivity index (χ4v) is 4.64. The van der Waals surface area contributed by atoms with Crippen molar-refractivity contribution in [3.8, 4) is 11.3 Å². The summed E-state index contributed by atoms with van der Waals surface area (Å²) in [6.07, 6.45) is 4.06. The van der Waals surface area contributed by atoms with Crippen molar-refractivity contribution < 1.29 is 4.39 Å². The number of hydrogen-bond acceptors (Lipinski definition) is 7. The van der Waals surface area contributed by atoms with Gasteiger partial charge in [0, 0.05) is 44.4 Å². The van der Waals surface area contributed by atoms with Crippen LogP contribution in [0, 0.1) is 5.82 Å². The lowest BCUT2D eigenvalue weighted by atomic mass is 9.96. The van der Waals surface area contributed by atoms with Crippen LogP contribution in [0.5, 0.6) is 0 Å². The van der Waals surface area contributed by atoms with E-state index in [1.165, 1.54) is 6.07 Å². The normalized spacial score (nSPS) is 15.1. The molecule has 1 atom stereocenters. The Kier molecular flexibility index (Phi) is 5.10. The van der Waals surface area contributed by atoms with Gasteiger partial charge in [-0.1, -0.05) is 17.7 Å². The number of hydrogen-bond donors (Lipinski definition) is 1. The number of aryl methyl sites for hydroxylation is 1. The molecule has 35 heavy (non-hydrogen) atoms. The number of halogens is 2. The minimum Gasteiger partial charge on any atom is -0.360 e. The largest absolute Gasteiger partial charge is 0.360 e. The van der Waals surface area contributed by atoms with E-state index >= 15 is 0 Å². The lowest BCUT2D eigenvalue weighted by Crippen LogP contribution is -2.33. The minimum atomic E-state index is -0.410. The number of nitrogens with zero attached hydrogens (tertiary/aromatic N) is 8. The monoisotopic (exact) mass is 489 g/mol. The van der Waals surface area contributed by atoms with E-state index in [2.05, 4.69) is 41.0 Å². The third-order valence-electron chi connectivity index (χ3n) is 6.24. The van der Waals surface area contributed by atoms with Crippen molar-refractivity contribution in [2.24, 2.45) is 7.05 Å². The summed E-state index contributed by atoms with van der Waals surface area (Å²) in [5.41, 5.74) is 3.27. The topological polar surface area (TPSA) is 89.1 Å². The van der Waals surface area contributed by atoms with Crippen LogP contribution < -0.4 is 10.2 Å². The van der Waals surface area contributed by atoms with Gasteiger partial charge in [0.2, 0.25) is 5.95 Å². The van der Waals surface area contributed by atoms with Gasteiger partial charge in [-0.15, -0.1) is 10.2 Å². The molecule has 0 bridgehead atoms. The van der Waals surface area contributed by atoms with Gasteiger partial charge in [0.1, 0.15) is 23.3 Å². The number of benzene rings is 1. The van der Waals surface area contributed by atoms with Gasteiger partial charge in [-0.05, 0) is 42.3 Å². The summed E-state index contributed by atoms with van der Waals surface area (Å²) in [6.45, 7) is 0.721. The summed E-state index contributed by atoms with van der Waals surface area (Å²) >= 11 is 5.85. The second kappa shape index (κ2) is 8.31. The first-order chi connectivity index (χ1) is 17.0. The number of likely N-dealkylation sites (N-methyl/N-ethyl adjacent to an activating group) is 1. The molecule has 1 aromatic carbocycles. The van der Waals surface area contributed by atoms with Gasteiger partial charge in [-0.3, -0.25) is 9.08 Å². The van der Waals surface area contributed by atoms with Gasteiger partial charge < -0.3 is 10.2 Å². The first kappa shape index (κ1) is 21.5. The predicted molar refractivity (Wildman–Crippen MR) is 132 cm³/mol. The van der Waals surface area contributed by atoms with Crippen LogP contribution in [0.3, 0.4) is 0 Å². The molecule has 5 aromatic rings. The molecular formula is C24H21ClFN9. The summed E-state index contributed by atoms with van der Waals surface area (Å²) in [5, 5.41) is 16.4. The average Bonchev–Trinajstić information content (AvgIpc) is 3.46. The lowest BCUT2D eigenvalue weighted by molar-refractivity contribution is 0.583. The molecule has 0 saturated heterocycles. The molecule has 176 valence electrons. The van der Waals surface area contributed by atoms with Crippen LogP contribution in [0.25, 0.3) is 16.9 Å². The van der Waals surface area contributed by atoms with Crippen LogP contribution >= 0.6 is 11.6 Å². The van der Waals surface area contributed by atoms with E-state index in [-0.39, 0.29) is 10.9 Å². The number of anilines is 3. The highest BCUT2D eigenvalue weighted by Gasteiger charge is 2.29. The smallest absolute Gasteiger partial charge is 0.228 e. The Morgan fingerprint density at radius 2 is 1.97 bits per heavy atom. The third-order valence-corrected chi connectivity index (χ3v) is 6.55. The SMILES string of the molecule is CN1C[C@H](Cc2ccc(Cl)c(F)c2)c2nnc3cc(-c4ccnc(Nc5ccnn5C)n4)cc1n23. The summed E-state index contributed by atoms with van der Waals surface area (Å²) in [5.74, 6) is 2.74. The molecular weight excluding hydrogens is 469 g/mol. The molecule has 0 aliphatic carbocycles. The summed E-state index contributed by atoms with van der Waals surface area (Å²) < 4.78 is 17.8. The zero-order chi connectivity index (χ0) is 24.1. The van der Waals surface area contributed by atoms with E-state index in [1.807, 2.05) is 38.4 Å². The molecule has 11 heteroatoms. The van der Waals surface area contributed by atoms with Gasteiger partial charge in [0.25, 0.3) is 0 Å². The van der Waals surface area contributed by atoms with Gasteiger partial charge in [0.05, 0.1) is 16.9 Å². The van der Waals surface area contributed by atoms with Crippen molar-refractivity contribution in [2.75, 3.05) is 23.8 Å². The highest BCUT2D eigenvalue weighted by Crippen LogP contribution is 2.34. The van der Waals surface area contributed by atoms with Crippen LogP contribution in [0.4, 0.5) is 22.0 Å². The maximum atomic E-state index is 14.0. The van der Waals surface area contributed by atoms with Crippen molar-refractivity contribution >= 4 is 34.8 Å². The fraction of sp³-hybridized carbons (Fsp3) is 0.208. The van der Waals surface area contributed by atoms with Crippen molar-refractivity contribution in [3.05, 3.63) is 77.1 Å². The highest BCUT2D eigenvalue weighted by atomic mass is 35.5. The third kappa shape index (κ3) is 3.85. The van der Waals surface area contributed by atoms with Gasteiger partial charge in [-0.25, -0.2) is 14.4 Å². The van der Waals surface area contributed by atoms with Gasteiger partial charge in [0.15, 0.2) is 5.65 Å². The first-order valence-electron chi connectivity index (χ1n) is 11.1. The van der Waals surface area contributed by atoms with Crippen LogP contribution in [0.2, 0.25) is 5.02 Å². The Balaban J connectivity index is 1.35. The molecule has 0 spiro atoms. The number of nitrogens with one attached hydrogen (secondary N) is 1. The summed E-state index contributed by atoms with van der Waals surface area (Å²) in [7, 11) is 3.88. The zero-order valence-corrected chi connectivity index (χ0v) is 19.8. The van der Waals surface area contributed by atoms with E-state index in [9.17, 15) is 4.39 Å². The van der Waals surface area contributed by atoms with E-state index in [0.717, 1.165) is 46.5 Å². The number of rotatable bonds is 5. The predicted octanol–water partition coefficient (Wildman–Crippen LogP) is 4.23. The van der Waals surface area contributed by atoms with Crippen molar-refractivity contribution in [1.82, 2.24) is 34.3 Å². The van der Waals surface area contributed by atoms with Crippen molar-refractivity contribution in [3.63, 3.8) is 0 Å². The fourth-order valence-electron chi connectivity index (χ4n) is 4.52. The molecule has 4 aromatic heterocycles. The van der Waals surface area contributed by atoms with E-state index in [4.69, 9.17) is 16.6 Å². The number of aromatic nitrogens is 7. The van der Waals surface area contributed by atoms with Crippen LogP contribution in [0.15, 0.2) is 54.9 Å². The van der Waals surface area contributed by atoms with E-state index < -0.39 is 5.82 Å². The van der Waals surface area contributed by atoms with E-state index in [1.54, 1.807) is 23.1 Å². The molecule has 6 rings (SSSR count). The Morgan fingerprint density at radius 1 is 1.09 bits per heavy atom. The quantitative estimate of drug-likeness (QED) is 0.395. The second-order valence-electron chi connectivity index (χ2n) is 8.61. The number of pyridine rings is 1. The maximum Gasteiger partial charge on any atom is 0.228 e. The Labute approximate surface area is 205 Å². The molecule has 1 aliphatic rings. The minimum absolute atomic E-state index is 0.0580. The average molecular weight is 490 g/mol.